The van der Waals surface area contributed by atoms with Crippen LogP contribution in [0.5, 0.6) is 0 Å². The molecule has 0 aliphatic carbocycles. The summed E-state index contributed by atoms with van der Waals surface area (Å²) in [7, 11) is 1.88. The number of nitro groups is 1. The van der Waals surface area contributed by atoms with Gasteiger partial charge in [0.05, 0.1) is 16.8 Å². The number of aromatic nitrogens is 3. The standard InChI is InChI=1S/C14H13N5O2/c1-18-9-17-11-6-7-15-14(13(11)18)16-8-10-4-2-3-5-12(10)19(20)21/h2-7,9H,8H2,1H3,(H,15,16). The van der Waals surface area contributed by atoms with E-state index in [0.29, 0.717) is 17.9 Å². The number of hydrogen-bond donors (Lipinski definition) is 1. The molecule has 3 rings (SSSR count). The van der Waals surface area contributed by atoms with E-state index in [4.69, 9.17) is 0 Å². The minimum absolute atomic E-state index is 0.0992. The van der Waals surface area contributed by atoms with Crippen molar-refractivity contribution in [2.75, 3.05) is 5.32 Å². The number of rotatable bonds is 4. The molecule has 7 nitrogen and oxygen atoms in total. The molecule has 0 bridgehead atoms. The highest BCUT2D eigenvalue weighted by Crippen LogP contribution is 2.22. The fraction of sp³-hybridized carbons (Fsp3) is 0.143. The zero-order chi connectivity index (χ0) is 14.8. The normalized spacial score (nSPS) is 10.7. The van der Waals surface area contributed by atoms with E-state index in [1.54, 1.807) is 30.7 Å². The molecule has 0 unspecified atom stereocenters. The Morgan fingerprint density at radius 2 is 2.10 bits per heavy atom. The van der Waals surface area contributed by atoms with Gasteiger partial charge < -0.3 is 9.88 Å². The zero-order valence-electron chi connectivity index (χ0n) is 11.4. The maximum Gasteiger partial charge on any atom is 0.274 e. The molecular formula is C14H13N5O2. The van der Waals surface area contributed by atoms with Crippen LogP contribution in [0.15, 0.2) is 42.9 Å². The van der Waals surface area contributed by atoms with Crippen molar-refractivity contribution in [2.45, 2.75) is 6.54 Å². The number of anilines is 1. The highest BCUT2D eigenvalue weighted by Gasteiger charge is 2.13. The highest BCUT2D eigenvalue weighted by atomic mass is 16.6. The molecule has 1 N–H and O–H groups in total. The molecule has 0 aliphatic rings. The monoisotopic (exact) mass is 283 g/mol. The van der Waals surface area contributed by atoms with E-state index in [0.717, 1.165) is 11.0 Å². The second-order valence-corrected chi connectivity index (χ2v) is 4.62. The maximum atomic E-state index is 11.0. The number of nitrogens with one attached hydrogen (secondary N) is 1. The van der Waals surface area contributed by atoms with E-state index < -0.39 is 0 Å². The van der Waals surface area contributed by atoms with Crippen LogP contribution in [-0.4, -0.2) is 19.5 Å². The molecule has 0 atom stereocenters. The average Bonchev–Trinajstić information content (AvgIpc) is 2.87. The van der Waals surface area contributed by atoms with Crippen molar-refractivity contribution in [3.05, 3.63) is 58.5 Å². The first kappa shape index (κ1) is 13.0. The number of pyridine rings is 1. The van der Waals surface area contributed by atoms with Gasteiger partial charge in [-0.05, 0) is 6.07 Å². The lowest BCUT2D eigenvalue weighted by molar-refractivity contribution is -0.385. The van der Waals surface area contributed by atoms with Crippen LogP contribution < -0.4 is 5.32 Å². The predicted octanol–water partition coefficient (Wildman–Crippen LogP) is 2.49. The summed E-state index contributed by atoms with van der Waals surface area (Å²) < 4.78 is 1.87. The number of imidazole rings is 1. The van der Waals surface area contributed by atoms with E-state index in [-0.39, 0.29) is 10.6 Å². The van der Waals surface area contributed by atoms with Crippen molar-refractivity contribution >= 4 is 22.5 Å². The van der Waals surface area contributed by atoms with Crippen molar-refractivity contribution in [2.24, 2.45) is 7.05 Å². The van der Waals surface area contributed by atoms with Crippen molar-refractivity contribution in [3.63, 3.8) is 0 Å². The van der Waals surface area contributed by atoms with Crippen LogP contribution in [-0.2, 0) is 13.6 Å². The summed E-state index contributed by atoms with van der Waals surface area (Å²) in [4.78, 5) is 19.2. The number of aryl methyl sites for hydroxylation is 1. The number of nitrogens with zero attached hydrogens (tertiary/aromatic N) is 4. The van der Waals surface area contributed by atoms with Crippen molar-refractivity contribution in [1.82, 2.24) is 14.5 Å². The number of hydrogen-bond acceptors (Lipinski definition) is 5. The van der Waals surface area contributed by atoms with Crippen LogP contribution in [0.3, 0.4) is 0 Å². The summed E-state index contributed by atoms with van der Waals surface area (Å²) in [6.45, 7) is 0.328. The summed E-state index contributed by atoms with van der Waals surface area (Å²) in [5.41, 5.74) is 2.42. The third-order valence-corrected chi connectivity index (χ3v) is 3.26. The molecule has 21 heavy (non-hydrogen) atoms. The Hall–Kier alpha value is -2.96. The molecule has 2 aromatic heterocycles. The van der Waals surface area contributed by atoms with Crippen LogP contribution in [0.4, 0.5) is 11.5 Å². The Morgan fingerprint density at radius 1 is 1.29 bits per heavy atom. The molecule has 0 saturated heterocycles. The fourth-order valence-corrected chi connectivity index (χ4v) is 2.25. The molecule has 1 aromatic carbocycles. The van der Waals surface area contributed by atoms with Crippen LogP contribution in [0.2, 0.25) is 0 Å². The summed E-state index contributed by atoms with van der Waals surface area (Å²) in [6, 6.07) is 8.49. The van der Waals surface area contributed by atoms with E-state index >= 15 is 0 Å². The number of para-hydroxylation sites is 1. The van der Waals surface area contributed by atoms with Crippen molar-refractivity contribution in [1.29, 1.82) is 0 Å². The topological polar surface area (TPSA) is 85.9 Å². The number of nitro benzene ring substituents is 1. The third kappa shape index (κ3) is 2.40. The lowest BCUT2D eigenvalue weighted by atomic mass is 10.2. The van der Waals surface area contributed by atoms with Gasteiger partial charge in [-0.2, -0.15) is 0 Å². The highest BCUT2D eigenvalue weighted by molar-refractivity contribution is 5.85. The van der Waals surface area contributed by atoms with Gasteiger partial charge in [-0.15, -0.1) is 0 Å². The van der Waals surface area contributed by atoms with Gasteiger partial charge in [0.2, 0.25) is 0 Å². The Labute approximate surface area is 120 Å². The minimum Gasteiger partial charge on any atom is -0.364 e. The van der Waals surface area contributed by atoms with E-state index in [9.17, 15) is 10.1 Å². The summed E-state index contributed by atoms with van der Waals surface area (Å²) in [6.07, 6.45) is 3.37. The Bertz CT molecular complexity index is 812. The predicted molar refractivity (Wildman–Crippen MR) is 78.9 cm³/mol. The second-order valence-electron chi connectivity index (χ2n) is 4.62. The van der Waals surface area contributed by atoms with Gasteiger partial charge in [0.15, 0.2) is 5.82 Å². The molecule has 3 aromatic rings. The molecule has 2 heterocycles. The first-order chi connectivity index (χ1) is 10.2. The molecule has 0 aliphatic heterocycles. The van der Waals surface area contributed by atoms with Crippen molar-refractivity contribution in [3.8, 4) is 0 Å². The van der Waals surface area contributed by atoms with E-state index in [2.05, 4.69) is 15.3 Å². The van der Waals surface area contributed by atoms with Gasteiger partial charge in [-0.25, -0.2) is 9.97 Å². The van der Waals surface area contributed by atoms with Gasteiger partial charge >= 0.3 is 0 Å². The van der Waals surface area contributed by atoms with Crippen molar-refractivity contribution < 1.29 is 4.92 Å². The van der Waals surface area contributed by atoms with Gasteiger partial charge in [-0.3, -0.25) is 10.1 Å². The summed E-state index contributed by atoms with van der Waals surface area (Å²) >= 11 is 0. The second kappa shape index (κ2) is 5.20. The molecule has 0 saturated carbocycles. The SMILES string of the molecule is Cn1cnc2ccnc(NCc3ccccc3[N+](=O)[O-])c21. The quantitative estimate of drug-likeness (QED) is 0.587. The van der Waals surface area contributed by atoms with Crippen LogP contribution in [0, 0.1) is 10.1 Å². The number of fused-ring (bicyclic) bond motifs is 1. The van der Waals surface area contributed by atoms with E-state index in [1.165, 1.54) is 6.07 Å². The van der Waals surface area contributed by atoms with Crippen LogP contribution in [0.25, 0.3) is 11.0 Å². The fourth-order valence-electron chi connectivity index (χ4n) is 2.25. The zero-order valence-corrected chi connectivity index (χ0v) is 11.4. The smallest absolute Gasteiger partial charge is 0.274 e. The minimum atomic E-state index is -0.380. The molecular weight excluding hydrogens is 270 g/mol. The van der Waals surface area contributed by atoms with Crippen LogP contribution >= 0.6 is 0 Å². The first-order valence-corrected chi connectivity index (χ1v) is 6.39. The third-order valence-electron chi connectivity index (χ3n) is 3.26. The number of benzene rings is 1. The van der Waals surface area contributed by atoms with Gasteiger partial charge in [0.25, 0.3) is 5.69 Å². The first-order valence-electron chi connectivity index (χ1n) is 6.39. The Kier molecular flexibility index (Phi) is 3.23. The molecule has 0 amide bonds. The maximum absolute atomic E-state index is 11.0. The molecule has 0 radical (unpaired) electrons. The molecule has 0 fully saturated rings. The molecule has 7 heteroatoms. The van der Waals surface area contributed by atoms with Gasteiger partial charge in [-0.1, -0.05) is 18.2 Å². The summed E-state index contributed by atoms with van der Waals surface area (Å²) in [5, 5.41) is 14.2. The van der Waals surface area contributed by atoms with Gasteiger partial charge in [0.1, 0.15) is 5.52 Å². The summed E-state index contributed by atoms with van der Waals surface area (Å²) in [5.74, 6) is 0.658. The Morgan fingerprint density at radius 3 is 2.90 bits per heavy atom. The molecule has 0 spiro atoms. The lowest BCUT2D eigenvalue weighted by Crippen LogP contribution is -2.05. The van der Waals surface area contributed by atoms with Gasteiger partial charge in [0, 0.05) is 31.4 Å². The van der Waals surface area contributed by atoms with E-state index in [1.807, 2.05) is 17.7 Å². The lowest BCUT2D eigenvalue weighted by Gasteiger charge is -2.08. The largest absolute Gasteiger partial charge is 0.364 e. The molecule has 106 valence electrons. The average molecular weight is 283 g/mol. The Balaban J connectivity index is 1.91. The van der Waals surface area contributed by atoms with Crippen LogP contribution in [0.1, 0.15) is 5.56 Å².